The van der Waals surface area contributed by atoms with Crippen molar-refractivity contribution in [3.8, 4) is 5.69 Å². The molecule has 0 spiro atoms. The van der Waals surface area contributed by atoms with Crippen LogP contribution in [0.3, 0.4) is 0 Å². The summed E-state index contributed by atoms with van der Waals surface area (Å²) in [7, 11) is 0. The van der Waals surface area contributed by atoms with Gasteiger partial charge in [0.1, 0.15) is 5.57 Å². The number of rotatable bonds is 4. The molecule has 1 aliphatic rings. The van der Waals surface area contributed by atoms with Crippen molar-refractivity contribution in [2.45, 2.75) is 27.7 Å². The molecule has 4 aromatic rings. The van der Waals surface area contributed by atoms with Crippen LogP contribution in [0.1, 0.15) is 28.1 Å². The smallest absolute Gasteiger partial charge is 0.270 e. The van der Waals surface area contributed by atoms with E-state index in [9.17, 15) is 9.59 Å². The molecule has 0 unspecified atom stereocenters. The van der Waals surface area contributed by atoms with E-state index in [1.54, 1.807) is 6.08 Å². The van der Waals surface area contributed by atoms with Crippen LogP contribution in [-0.2, 0) is 9.59 Å². The second kappa shape index (κ2) is 10.0. The van der Waals surface area contributed by atoms with E-state index in [1.807, 2.05) is 107 Å². The zero-order valence-corrected chi connectivity index (χ0v) is 23.1. The highest BCUT2D eigenvalue weighted by Crippen LogP contribution is 2.32. The third-order valence-corrected chi connectivity index (χ3v) is 7.48. The Morgan fingerprint density at radius 2 is 1.32 bits per heavy atom. The minimum atomic E-state index is -0.456. The molecule has 190 valence electrons. The van der Waals surface area contributed by atoms with E-state index in [0.717, 1.165) is 33.8 Å². The Hall–Kier alpha value is -4.00. The van der Waals surface area contributed by atoms with E-state index in [0.29, 0.717) is 16.4 Å². The van der Waals surface area contributed by atoms with Crippen LogP contribution in [0.2, 0.25) is 5.02 Å². The molecule has 0 bridgehead atoms. The van der Waals surface area contributed by atoms with Crippen molar-refractivity contribution in [3.05, 3.63) is 118 Å². The number of thiocarbonyl (C=S) groups is 1. The summed E-state index contributed by atoms with van der Waals surface area (Å²) in [5.74, 6) is -0.908. The second-order valence-corrected chi connectivity index (χ2v) is 10.2. The fourth-order valence-electron chi connectivity index (χ4n) is 4.70. The molecule has 2 heterocycles. The van der Waals surface area contributed by atoms with Crippen LogP contribution in [0.4, 0.5) is 11.4 Å². The first-order valence-electron chi connectivity index (χ1n) is 12.2. The van der Waals surface area contributed by atoms with E-state index in [1.165, 1.54) is 9.80 Å². The van der Waals surface area contributed by atoms with Crippen molar-refractivity contribution in [3.63, 3.8) is 0 Å². The summed E-state index contributed by atoms with van der Waals surface area (Å²) in [6.45, 7) is 7.95. The van der Waals surface area contributed by atoms with Crippen molar-refractivity contribution in [2.75, 3.05) is 9.80 Å². The second-order valence-electron chi connectivity index (χ2n) is 9.36. The quantitative estimate of drug-likeness (QED) is 0.158. The van der Waals surface area contributed by atoms with E-state index >= 15 is 0 Å². The SMILES string of the molecule is Cc1ccc(N2C(=O)/C(=C\c3cc(C)n(-c4ccc(Cl)cc4)c3C)C(=O)N(c3ccccc3)C2=S)cc1C. The third-order valence-electron chi connectivity index (χ3n) is 6.87. The van der Waals surface area contributed by atoms with Gasteiger partial charge in [0, 0.05) is 22.1 Å². The Labute approximate surface area is 232 Å². The summed E-state index contributed by atoms with van der Waals surface area (Å²) in [6, 6.07) is 24.4. The number of carbonyl (C=O) groups is 2. The Bertz CT molecular complexity index is 1620. The summed E-state index contributed by atoms with van der Waals surface area (Å²) < 4.78 is 2.07. The summed E-state index contributed by atoms with van der Waals surface area (Å²) in [5, 5.41) is 0.776. The molecule has 3 aromatic carbocycles. The van der Waals surface area contributed by atoms with E-state index in [4.69, 9.17) is 23.8 Å². The largest absolute Gasteiger partial charge is 0.318 e. The first-order chi connectivity index (χ1) is 18.2. The van der Waals surface area contributed by atoms with Crippen LogP contribution in [0.5, 0.6) is 0 Å². The summed E-state index contributed by atoms with van der Waals surface area (Å²) in [5.41, 5.74) is 6.97. The van der Waals surface area contributed by atoms with Crippen LogP contribution in [0.15, 0.2) is 84.4 Å². The van der Waals surface area contributed by atoms with Crippen LogP contribution in [0, 0.1) is 27.7 Å². The normalized spacial score (nSPS) is 15.1. The number of aromatic nitrogens is 1. The molecule has 0 radical (unpaired) electrons. The van der Waals surface area contributed by atoms with E-state index < -0.39 is 11.8 Å². The van der Waals surface area contributed by atoms with Gasteiger partial charge < -0.3 is 4.57 Å². The van der Waals surface area contributed by atoms with Gasteiger partial charge in [-0.25, -0.2) is 0 Å². The molecule has 38 heavy (non-hydrogen) atoms. The molecular weight excluding hydrogens is 514 g/mol. The number of nitrogens with zero attached hydrogens (tertiary/aromatic N) is 3. The maximum absolute atomic E-state index is 13.9. The first-order valence-corrected chi connectivity index (χ1v) is 13.0. The molecule has 0 N–H and O–H groups in total. The fourth-order valence-corrected chi connectivity index (χ4v) is 5.21. The Balaban J connectivity index is 1.66. The Morgan fingerprint density at radius 3 is 1.95 bits per heavy atom. The predicted octanol–water partition coefficient (Wildman–Crippen LogP) is 7.11. The molecule has 1 saturated heterocycles. The number of anilines is 2. The minimum Gasteiger partial charge on any atom is -0.318 e. The van der Waals surface area contributed by atoms with Gasteiger partial charge in [-0.15, -0.1) is 0 Å². The van der Waals surface area contributed by atoms with Crippen molar-refractivity contribution >= 4 is 58.2 Å². The minimum absolute atomic E-state index is 0.0389. The lowest BCUT2D eigenvalue weighted by atomic mass is 10.0. The molecule has 0 aliphatic carbocycles. The number of halogens is 1. The fraction of sp³-hybridized carbons (Fsp3) is 0.129. The van der Waals surface area contributed by atoms with Gasteiger partial charge in [-0.3, -0.25) is 19.4 Å². The molecule has 7 heteroatoms. The monoisotopic (exact) mass is 539 g/mol. The van der Waals surface area contributed by atoms with Crippen LogP contribution < -0.4 is 9.80 Å². The number of aryl methyl sites for hydroxylation is 3. The highest BCUT2D eigenvalue weighted by atomic mass is 35.5. The average molecular weight is 540 g/mol. The lowest BCUT2D eigenvalue weighted by Gasteiger charge is -2.36. The Kier molecular flexibility index (Phi) is 6.78. The molecule has 1 aromatic heterocycles. The summed E-state index contributed by atoms with van der Waals surface area (Å²) in [6.07, 6.45) is 1.67. The Morgan fingerprint density at radius 1 is 0.711 bits per heavy atom. The topological polar surface area (TPSA) is 45.6 Å². The van der Waals surface area contributed by atoms with Gasteiger partial charge in [0.2, 0.25) is 0 Å². The lowest BCUT2D eigenvalue weighted by Crippen LogP contribution is -2.57. The molecule has 5 rings (SSSR count). The molecule has 0 atom stereocenters. The summed E-state index contributed by atoms with van der Waals surface area (Å²) in [4.78, 5) is 30.7. The van der Waals surface area contributed by atoms with Gasteiger partial charge >= 0.3 is 0 Å². The van der Waals surface area contributed by atoms with Crippen molar-refractivity contribution < 1.29 is 9.59 Å². The van der Waals surface area contributed by atoms with Gasteiger partial charge in [-0.1, -0.05) is 35.9 Å². The van der Waals surface area contributed by atoms with Gasteiger partial charge in [-0.05, 0) is 117 Å². The zero-order valence-electron chi connectivity index (χ0n) is 21.5. The maximum atomic E-state index is 13.9. The molecule has 1 fully saturated rings. The number of amides is 2. The van der Waals surface area contributed by atoms with Crippen molar-refractivity contribution in [1.82, 2.24) is 4.57 Å². The van der Waals surface area contributed by atoms with Gasteiger partial charge in [-0.2, -0.15) is 0 Å². The number of para-hydroxylation sites is 1. The van der Waals surface area contributed by atoms with Crippen molar-refractivity contribution in [2.24, 2.45) is 0 Å². The average Bonchev–Trinajstić information content (AvgIpc) is 3.17. The van der Waals surface area contributed by atoms with Crippen LogP contribution >= 0.6 is 23.8 Å². The lowest BCUT2D eigenvalue weighted by molar-refractivity contribution is -0.120. The van der Waals surface area contributed by atoms with Crippen LogP contribution in [-0.4, -0.2) is 21.5 Å². The molecule has 1 aliphatic heterocycles. The number of carbonyl (C=O) groups excluding carboxylic acids is 2. The van der Waals surface area contributed by atoms with Gasteiger partial charge in [0.25, 0.3) is 11.8 Å². The third kappa shape index (κ3) is 4.46. The predicted molar refractivity (Wildman–Crippen MR) is 158 cm³/mol. The standard InChI is InChI=1S/C31H26ClN3O2S/c1-19-10-13-27(16-20(19)2)35-30(37)28(29(36)34(31(35)38)25-8-6-5-7-9-25)18-23-17-21(3)33(22(23)4)26-14-11-24(32)12-15-26/h5-18H,1-4H3/b28-18-. The number of hydrogen-bond donors (Lipinski definition) is 0. The van der Waals surface area contributed by atoms with Crippen molar-refractivity contribution in [1.29, 1.82) is 0 Å². The van der Waals surface area contributed by atoms with E-state index in [-0.39, 0.29) is 10.7 Å². The van der Waals surface area contributed by atoms with E-state index in [2.05, 4.69) is 4.57 Å². The molecule has 2 amide bonds. The molecule has 5 nitrogen and oxygen atoms in total. The highest BCUT2D eigenvalue weighted by molar-refractivity contribution is 7.81. The molecule has 0 saturated carbocycles. The zero-order chi connectivity index (χ0) is 27.1. The van der Waals surface area contributed by atoms with Crippen LogP contribution in [0.25, 0.3) is 11.8 Å². The first kappa shape index (κ1) is 25.6. The maximum Gasteiger partial charge on any atom is 0.270 e. The number of hydrogen-bond acceptors (Lipinski definition) is 3. The number of benzene rings is 3. The van der Waals surface area contributed by atoms with Gasteiger partial charge in [0.05, 0.1) is 11.4 Å². The van der Waals surface area contributed by atoms with Gasteiger partial charge in [0.15, 0.2) is 5.11 Å². The summed E-state index contributed by atoms with van der Waals surface area (Å²) >= 11 is 11.8. The highest BCUT2D eigenvalue weighted by Gasteiger charge is 2.41. The molecular formula is C31H26ClN3O2S.